The fourth-order valence-electron chi connectivity index (χ4n) is 2.54. The summed E-state index contributed by atoms with van der Waals surface area (Å²) in [4.78, 5) is 7.04. The first-order valence-corrected chi connectivity index (χ1v) is 7.47. The molecular weight excluding hydrogens is 297 g/mol. The van der Waals surface area contributed by atoms with Crippen molar-refractivity contribution in [3.05, 3.63) is 29.0 Å². The van der Waals surface area contributed by atoms with Crippen LogP contribution in [0.2, 0.25) is 0 Å². The van der Waals surface area contributed by atoms with Gasteiger partial charge < -0.3 is 5.32 Å². The maximum Gasteiger partial charge on any atom is 0.124 e. The van der Waals surface area contributed by atoms with Gasteiger partial charge in [-0.2, -0.15) is 0 Å². The number of fused-ring (bicyclic) bond motifs is 1. The van der Waals surface area contributed by atoms with Crippen molar-refractivity contribution >= 4 is 34.0 Å². The summed E-state index contributed by atoms with van der Waals surface area (Å²) in [5.41, 5.74) is 0.900. The molecule has 0 aliphatic carbocycles. The summed E-state index contributed by atoms with van der Waals surface area (Å²) in [5, 5.41) is 4.54. The predicted molar refractivity (Wildman–Crippen MR) is 84.2 cm³/mol. The van der Waals surface area contributed by atoms with Crippen LogP contribution in [0.25, 0.3) is 10.2 Å². The molecule has 0 radical (unpaired) electrons. The van der Waals surface area contributed by atoms with E-state index in [0.717, 1.165) is 34.9 Å². The summed E-state index contributed by atoms with van der Waals surface area (Å²) >= 11 is 1.60. The molecule has 1 aromatic heterocycles. The fraction of sp³-hybridized carbons (Fsp3) is 0.500. The van der Waals surface area contributed by atoms with E-state index in [2.05, 4.69) is 29.0 Å². The lowest BCUT2D eigenvalue weighted by Gasteiger charge is -2.38. The smallest absolute Gasteiger partial charge is 0.124 e. The quantitative estimate of drug-likeness (QED) is 0.923. The van der Waals surface area contributed by atoms with Crippen molar-refractivity contribution in [2.75, 3.05) is 13.1 Å². The van der Waals surface area contributed by atoms with E-state index in [0.29, 0.717) is 12.1 Å². The Labute approximate surface area is 128 Å². The van der Waals surface area contributed by atoms with Crippen molar-refractivity contribution in [1.29, 1.82) is 0 Å². The van der Waals surface area contributed by atoms with Gasteiger partial charge in [0.2, 0.25) is 0 Å². The molecule has 2 heterocycles. The molecule has 6 heteroatoms. The average Bonchev–Trinajstić information content (AvgIpc) is 2.76. The molecule has 20 heavy (non-hydrogen) atoms. The Balaban J connectivity index is 0.00000147. The van der Waals surface area contributed by atoms with Gasteiger partial charge in [-0.15, -0.1) is 23.7 Å². The second-order valence-corrected chi connectivity index (χ2v) is 6.29. The van der Waals surface area contributed by atoms with Crippen LogP contribution in [0.3, 0.4) is 0 Å². The molecule has 0 amide bonds. The SMILES string of the molecule is CC1NCCN(Cc2nc3ccc(F)cc3s2)C1C.Cl. The zero-order valence-corrected chi connectivity index (χ0v) is 13.2. The minimum Gasteiger partial charge on any atom is -0.311 e. The number of halogens is 2. The fourth-order valence-corrected chi connectivity index (χ4v) is 3.55. The number of thiazole rings is 1. The molecule has 2 atom stereocenters. The maximum atomic E-state index is 13.2. The maximum absolute atomic E-state index is 13.2. The van der Waals surface area contributed by atoms with Crippen molar-refractivity contribution in [3.63, 3.8) is 0 Å². The molecule has 110 valence electrons. The van der Waals surface area contributed by atoms with Crippen molar-refractivity contribution in [3.8, 4) is 0 Å². The van der Waals surface area contributed by atoms with Gasteiger partial charge in [0.15, 0.2) is 0 Å². The van der Waals surface area contributed by atoms with Gasteiger partial charge in [0.1, 0.15) is 10.8 Å². The van der Waals surface area contributed by atoms with Crippen LogP contribution in [0.15, 0.2) is 18.2 Å². The van der Waals surface area contributed by atoms with E-state index in [-0.39, 0.29) is 18.2 Å². The zero-order chi connectivity index (χ0) is 13.4. The number of nitrogens with one attached hydrogen (secondary N) is 1. The molecule has 0 bridgehead atoms. The molecule has 1 aliphatic rings. The Morgan fingerprint density at radius 2 is 2.25 bits per heavy atom. The Morgan fingerprint density at radius 1 is 1.45 bits per heavy atom. The molecule has 3 nitrogen and oxygen atoms in total. The van der Waals surface area contributed by atoms with Gasteiger partial charge in [-0.1, -0.05) is 0 Å². The highest BCUT2D eigenvalue weighted by Crippen LogP contribution is 2.25. The number of hydrogen-bond acceptors (Lipinski definition) is 4. The van der Waals surface area contributed by atoms with E-state index in [9.17, 15) is 4.39 Å². The van der Waals surface area contributed by atoms with E-state index >= 15 is 0 Å². The summed E-state index contributed by atoms with van der Waals surface area (Å²) in [6.07, 6.45) is 0. The lowest BCUT2D eigenvalue weighted by molar-refractivity contribution is 0.131. The normalized spacial score (nSPS) is 23.8. The molecule has 2 aromatic rings. The molecule has 2 unspecified atom stereocenters. The molecule has 0 saturated carbocycles. The summed E-state index contributed by atoms with van der Waals surface area (Å²) in [7, 11) is 0. The topological polar surface area (TPSA) is 28.2 Å². The number of piperazine rings is 1. The molecule has 1 fully saturated rings. The van der Waals surface area contributed by atoms with E-state index in [1.807, 2.05) is 0 Å². The van der Waals surface area contributed by atoms with E-state index in [4.69, 9.17) is 0 Å². The third-order valence-corrected chi connectivity index (χ3v) is 4.90. The molecule has 1 aromatic carbocycles. The number of benzene rings is 1. The zero-order valence-electron chi connectivity index (χ0n) is 11.6. The van der Waals surface area contributed by atoms with Gasteiger partial charge in [-0.05, 0) is 32.0 Å². The molecular formula is C14H19ClFN3S. The van der Waals surface area contributed by atoms with Gasteiger partial charge in [0.25, 0.3) is 0 Å². The van der Waals surface area contributed by atoms with Crippen LogP contribution in [0.1, 0.15) is 18.9 Å². The lowest BCUT2D eigenvalue weighted by atomic mass is 10.1. The first kappa shape index (κ1) is 15.6. The van der Waals surface area contributed by atoms with Gasteiger partial charge >= 0.3 is 0 Å². The molecule has 1 saturated heterocycles. The van der Waals surface area contributed by atoms with E-state index in [1.165, 1.54) is 6.07 Å². The Morgan fingerprint density at radius 3 is 3.05 bits per heavy atom. The number of nitrogens with zero attached hydrogens (tertiary/aromatic N) is 2. The second kappa shape index (κ2) is 6.35. The van der Waals surface area contributed by atoms with Crippen LogP contribution < -0.4 is 5.32 Å². The third kappa shape index (κ3) is 3.11. The molecule has 3 rings (SSSR count). The highest BCUT2D eigenvalue weighted by Gasteiger charge is 2.24. The predicted octanol–water partition coefficient (Wildman–Crippen LogP) is 3.04. The Hall–Kier alpha value is -0.750. The largest absolute Gasteiger partial charge is 0.311 e. The van der Waals surface area contributed by atoms with Gasteiger partial charge in [0.05, 0.1) is 16.8 Å². The first-order valence-electron chi connectivity index (χ1n) is 6.66. The van der Waals surface area contributed by atoms with E-state index < -0.39 is 0 Å². The van der Waals surface area contributed by atoms with Crippen LogP contribution in [-0.4, -0.2) is 35.1 Å². The first-order chi connectivity index (χ1) is 9.13. The van der Waals surface area contributed by atoms with Crippen LogP contribution in [0.5, 0.6) is 0 Å². The highest BCUT2D eigenvalue weighted by atomic mass is 35.5. The lowest BCUT2D eigenvalue weighted by Crippen LogP contribution is -2.54. The van der Waals surface area contributed by atoms with Crippen LogP contribution in [0, 0.1) is 5.82 Å². The van der Waals surface area contributed by atoms with E-state index in [1.54, 1.807) is 23.5 Å². The van der Waals surface area contributed by atoms with Crippen molar-refractivity contribution in [2.24, 2.45) is 0 Å². The number of rotatable bonds is 2. The highest BCUT2D eigenvalue weighted by molar-refractivity contribution is 7.18. The number of hydrogen-bond donors (Lipinski definition) is 1. The average molecular weight is 316 g/mol. The van der Waals surface area contributed by atoms with Crippen molar-refractivity contribution < 1.29 is 4.39 Å². The minimum absolute atomic E-state index is 0. The van der Waals surface area contributed by atoms with Gasteiger partial charge in [0, 0.05) is 25.2 Å². The van der Waals surface area contributed by atoms with Crippen molar-refractivity contribution in [1.82, 2.24) is 15.2 Å². The second-order valence-electron chi connectivity index (χ2n) is 5.17. The molecule has 0 spiro atoms. The monoisotopic (exact) mass is 315 g/mol. The van der Waals surface area contributed by atoms with Crippen LogP contribution >= 0.6 is 23.7 Å². The van der Waals surface area contributed by atoms with Crippen molar-refractivity contribution in [2.45, 2.75) is 32.5 Å². The summed E-state index contributed by atoms with van der Waals surface area (Å²) < 4.78 is 14.1. The van der Waals surface area contributed by atoms with Crippen LogP contribution in [0.4, 0.5) is 4.39 Å². The Kier molecular flexibility index (Phi) is 4.96. The van der Waals surface area contributed by atoms with Gasteiger partial charge in [-0.25, -0.2) is 9.37 Å². The summed E-state index contributed by atoms with van der Waals surface area (Å²) in [6.45, 7) is 7.36. The summed E-state index contributed by atoms with van der Waals surface area (Å²) in [6, 6.07) is 5.80. The molecule has 1 aliphatic heterocycles. The summed E-state index contributed by atoms with van der Waals surface area (Å²) in [5.74, 6) is -0.188. The third-order valence-electron chi connectivity index (χ3n) is 3.90. The van der Waals surface area contributed by atoms with Crippen LogP contribution in [-0.2, 0) is 6.54 Å². The standard InChI is InChI=1S/C14H18FN3S.ClH/c1-9-10(2)18(6-5-16-9)8-14-17-12-4-3-11(15)7-13(12)19-14;/h3-4,7,9-10,16H,5-6,8H2,1-2H3;1H. The van der Waals surface area contributed by atoms with Gasteiger partial charge in [-0.3, -0.25) is 4.90 Å². The minimum atomic E-state index is -0.188. The number of aromatic nitrogens is 1. The Bertz CT molecular complexity index is 589. The molecule has 1 N–H and O–H groups in total.